The summed E-state index contributed by atoms with van der Waals surface area (Å²) in [4.78, 5) is 17.7. The number of benzene rings is 2. The van der Waals surface area contributed by atoms with Crippen molar-refractivity contribution < 1.29 is 35.9 Å². The number of rotatable bonds is 7. The highest BCUT2D eigenvalue weighted by Gasteiger charge is 2.33. The van der Waals surface area contributed by atoms with Gasteiger partial charge < -0.3 is 30.0 Å². The number of fused-ring (bicyclic) bond motifs is 3. The third-order valence-electron chi connectivity index (χ3n) is 7.10. The van der Waals surface area contributed by atoms with Crippen LogP contribution in [0.25, 0.3) is 11.0 Å². The molecule has 2 aliphatic rings. The number of methoxy groups -OCH3 is 1. The number of nitrogens with zero attached hydrogens (tertiary/aromatic N) is 2. The molecule has 2 aromatic carbocycles. The van der Waals surface area contributed by atoms with Gasteiger partial charge in [0, 0.05) is 29.9 Å². The number of sulfone groups is 1. The Balaban J connectivity index is 1.41. The molecule has 3 aromatic rings. The SMILES string of the molecule is COc1ccc(S(C)(=O)=O)cc1NCC#Cc1cc(C(=O)NC2C[C@H]3COC[C@@H](C2)N3)c2ncn(CC(F)(F)F)c2c1. The average Bonchev–Trinajstić information content (AvgIpc) is 3.30. The lowest BCUT2D eigenvalue weighted by molar-refractivity contribution is -0.139. The zero-order valence-corrected chi connectivity index (χ0v) is 23.7. The van der Waals surface area contributed by atoms with E-state index in [1.54, 1.807) is 0 Å². The third kappa shape index (κ3) is 6.97. The number of carbonyl (C=O) groups is 1. The van der Waals surface area contributed by atoms with E-state index < -0.39 is 28.5 Å². The van der Waals surface area contributed by atoms with E-state index >= 15 is 0 Å². The number of hydrogen-bond donors (Lipinski definition) is 3. The van der Waals surface area contributed by atoms with Crippen LogP contribution in [0.15, 0.2) is 41.6 Å². The Morgan fingerprint density at radius 3 is 2.62 bits per heavy atom. The maximum Gasteiger partial charge on any atom is 0.406 e. The Labute approximate surface area is 240 Å². The van der Waals surface area contributed by atoms with E-state index in [0.29, 0.717) is 43.1 Å². The van der Waals surface area contributed by atoms with E-state index in [2.05, 4.69) is 32.8 Å². The molecule has 0 radical (unpaired) electrons. The van der Waals surface area contributed by atoms with Crippen molar-refractivity contribution >= 4 is 32.5 Å². The highest BCUT2D eigenvalue weighted by molar-refractivity contribution is 7.90. The summed E-state index contributed by atoms with van der Waals surface area (Å²) in [5.41, 5.74) is 1.15. The fourth-order valence-electron chi connectivity index (χ4n) is 5.29. The highest BCUT2D eigenvalue weighted by Crippen LogP contribution is 2.28. The van der Waals surface area contributed by atoms with Crippen LogP contribution in [0.3, 0.4) is 0 Å². The van der Waals surface area contributed by atoms with Crippen LogP contribution in [0.1, 0.15) is 28.8 Å². The summed E-state index contributed by atoms with van der Waals surface area (Å²) >= 11 is 0. The number of carbonyl (C=O) groups excluding carboxylic acids is 1. The lowest BCUT2D eigenvalue weighted by Gasteiger charge is -2.40. The molecule has 2 saturated heterocycles. The van der Waals surface area contributed by atoms with E-state index in [9.17, 15) is 26.4 Å². The Morgan fingerprint density at radius 2 is 1.95 bits per heavy atom. The van der Waals surface area contributed by atoms with Crippen LogP contribution < -0.4 is 20.7 Å². The van der Waals surface area contributed by atoms with Gasteiger partial charge in [-0.3, -0.25) is 4.79 Å². The molecule has 5 rings (SSSR count). The molecule has 0 saturated carbocycles. The molecule has 3 heterocycles. The number of hydrogen-bond acceptors (Lipinski definition) is 8. The van der Waals surface area contributed by atoms with Crippen molar-refractivity contribution in [3.8, 4) is 17.6 Å². The third-order valence-corrected chi connectivity index (χ3v) is 8.21. The number of piperidine rings is 1. The second-order valence-electron chi connectivity index (χ2n) is 10.4. The number of alkyl halides is 3. The van der Waals surface area contributed by atoms with Gasteiger partial charge in [-0.2, -0.15) is 13.2 Å². The molecule has 3 N–H and O–H groups in total. The number of ether oxygens (including phenoxy) is 2. The zero-order valence-electron chi connectivity index (χ0n) is 22.9. The predicted molar refractivity (Wildman–Crippen MR) is 149 cm³/mol. The van der Waals surface area contributed by atoms with E-state index in [1.807, 2.05) is 0 Å². The highest BCUT2D eigenvalue weighted by atomic mass is 32.2. The molecule has 2 bridgehead atoms. The Morgan fingerprint density at radius 1 is 1.21 bits per heavy atom. The van der Waals surface area contributed by atoms with Crippen LogP contribution in [0.5, 0.6) is 5.75 Å². The summed E-state index contributed by atoms with van der Waals surface area (Å²) in [6, 6.07) is 7.49. The minimum Gasteiger partial charge on any atom is -0.495 e. The number of halogens is 3. The second-order valence-corrected chi connectivity index (χ2v) is 12.4. The molecule has 2 aliphatic heterocycles. The van der Waals surface area contributed by atoms with E-state index in [0.717, 1.165) is 17.2 Å². The van der Waals surface area contributed by atoms with Crippen LogP contribution >= 0.6 is 0 Å². The fraction of sp³-hybridized carbons (Fsp3) is 0.429. The maximum atomic E-state index is 13.4. The first-order valence-corrected chi connectivity index (χ1v) is 15.1. The van der Waals surface area contributed by atoms with E-state index in [-0.39, 0.29) is 46.2 Å². The van der Waals surface area contributed by atoms with Gasteiger partial charge in [-0.1, -0.05) is 11.8 Å². The molecule has 1 unspecified atom stereocenters. The second kappa shape index (κ2) is 11.8. The van der Waals surface area contributed by atoms with Crippen molar-refractivity contribution in [2.75, 3.05) is 38.4 Å². The molecular formula is C28H30F3N5O5S. The van der Waals surface area contributed by atoms with Gasteiger partial charge in [0.2, 0.25) is 0 Å². The number of nitrogens with one attached hydrogen (secondary N) is 3. The van der Waals surface area contributed by atoms with Crippen LogP contribution in [0.2, 0.25) is 0 Å². The largest absolute Gasteiger partial charge is 0.495 e. The maximum absolute atomic E-state index is 13.4. The molecule has 224 valence electrons. The Bertz CT molecular complexity index is 1650. The normalized spacial score (nSPS) is 20.5. The molecular weight excluding hydrogens is 575 g/mol. The first-order chi connectivity index (χ1) is 19.9. The van der Waals surface area contributed by atoms with Gasteiger partial charge in [0.05, 0.1) is 54.9 Å². The first kappa shape index (κ1) is 29.7. The number of anilines is 1. The van der Waals surface area contributed by atoms with Gasteiger partial charge in [0.1, 0.15) is 17.8 Å². The molecule has 1 aromatic heterocycles. The topological polar surface area (TPSA) is 124 Å². The molecule has 3 atom stereocenters. The Kier molecular flexibility index (Phi) is 8.36. The summed E-state index contributed by atoms with van der Waals surface area (Å²) in [6.45, 7) is -0.0982. The number of aromatic nitrogens is 2. The summed E-state index contributed by atoms with van der Waals surface area (Å²) in [6.07, 6.45) is -0.986. The molecule has 0 aliphatic carbocycles. The number of amides is 1. The first-order valence-electron chi connectivity index (χ1n) is 13.2. The van der Waals surface area contributed by atoms with Gasteiger partial charge in [0.15, 0.2) is 9.84 Å². The van der Waals surface area contributed by atoms with Crippen LogP contribution in [-0.2, 0) is 21.1 Å². The minimum absolute atomic E-state index is 0.0604. The lowest BCUT2D eigenvalue weighted by Crippen LogP contribution is -2.58. The molecule has 14 heteroatoms. The molecule has 2 fully saturated rings. The van der Waals surface area contributed by atoms with Gasteiger partial charge in [-0.25, -0.2) is 13.4 Å². The minimum atomic E-state index is -4.49. The van der Waals surface area contributed by atoms with Crippen LogP contribution in [-0.4, -0.2) is 81.3 Å². The molecule has 1 amide bonds. The van der Waals surface area contributed by atoms with Gasteiger partial charge in [-0.15, -0.1) is 0 Å². The quantitative estimate of drug-likeness (QED) is 0.352. The average molecular weight is 606 g/mol. The van der Waals surface area contributed by atoms with Crippen LogP contribution in [0.4, 0.5) is 18.9 Å². The van der Waals surface area contributed by atoms with Gasteiger partial charge >= 0.3 is 6.18 Å². The monoisotopic (exact) mass is 605 g/mol. The van der Waals surface area contributed by atoms with Crippen molar-refractivity contribution in [1.29, 1.82) is 0 Å². The lowest BCUT2D eigenvalue weighted by atomic mass is 9.92. The summed E-state index contributed by atoms with van der Waals surface area (Å²) < 4.78 is 75.5. The summed E-state index contributed by atoms with van der Waals surface area (Å²) in [5.74, 6) is 5.76. The summed E-state index contributed by atoms with van der Waals surface area (Å²) in [7, 11) is -2.01. The van der Waals surface area contributed by atoms with Crippen molar-refractivity contribution in [2.24, 2.45) is 0 Å². The van der Waals surface area contributed by atoms with Crippen molar-refractivity contribution in [3.05, 3.63) is 47.8 Å². The van der Waals surface area contributed by atoms with Gasteiger partial charge in [0.25, 0.3) is 5.91 Å². The van der Waals surface area contributed by atoms with Crippen molar-refractivity contribution in [3.63, 3.8) is 0 Å². The molecule has 10 nitrogen and oxygen atoms in total. The van der Waals surface area contributed by atoms with Crippen molar-refractivity contribution in [2.45, 2.75) is 48.6 Å². The van der Waals surface area contributed by atoms with E-state index in [1.165, 1.54) is 37.4 Å². The Hall–Kier alpha value is -3.80. The van der Waals surface area contributed by atoms with Crippen LogP contribution in [0, 0.1) is 11.8 Å². The number of morpholine rings is 1. The standard InChI is InChI=1S/C28H30F3N5O5S/c1-40-25-6-5-21(42(2,38)39)12-23(25)32-7-3-4-17-8-22(26-24(9-17)36(16-33-26)15-28(29,30)31)27(37)35-18-10-19-13-41-14-20(11-18)34-19/h5-6,8-9,12,16,18-20,32,34H,7,10-11,13-15H2,1-2H3,(H,35,37)/t18?,19-,20+. The fourth-order valence-corrected chi connectivity index (χ4v) is 5.93. The van der Waals surface area contributed by atoms with Gasteiger partial charge in [-0.05, 0) is 43.2 Å². The summed E-state index contributed by atoms with van der Waals surface area (Å²) in [5, 5.41) is 9.49. The molecule has 0 spiro atoms. The van der Waals surface area contributed by atoms with Crippen molar-refractivity contribution in [1.82, 2.24) is 20.2 Å². The molecule has 42 heavy (non-hydrogen) atoms. The smallest absolute Gasteiger partial charge is 0.406 e. The predicted octanol–water partition coefficient (Wildman–Crippen LogP) is 2.72. The van der Waals surface area contributed by atoms with E-state index in [4.69, 9.17) is 9.47 Å². The number of imidazole rings is 1. The zero-order chi connectivity index (χ0) is 30.1.